The average molecular weight is 290 g/mol. The maximum absolute atomic E-state index is 12.0. The van der Waals surface area contributed by atoms with Gasteiger partial charge in [0.05, 0.1) is 12.0 Å². The number of amides is 1. The van der Waals surface area contributed by atoms with Crippen molar-refractivity contribution in [3.05, 3.63) is 35.4 Å². The Kier molecular flexibility index (Phi) is 4.63. The average Bonchev–Trinajstić information content (AvgIpc) is 2.78. The van der Waals surface area contributed by atoms with Gasteiger partial charge in [-0.1, -0.05) is 29.8 Å². The zero-order valence-corrected chi connectivity index (χ0v) is 12.7. The van der Waals surface area contributed by atoms with Gasteiger partial charge in [-0.15, -0.1) is 0 Å². The monoisotopic (exact) mass is 290 g/mol. The Morgan fingerprint density at radius 2 is 2.00 bits per heavy atom. The number of hydrogen-bond acceptors (Lipinski definition) is 3. The van der Waals surface area contributed by atoms with Crippen LogP contribution in [0, 0.1) is 12.8 Å². The van der Waals surface area contributed by atoms with Gasteiger partial charge in [0, 0.05) is 19.5 Å². The van der Waals surface area contributed by atoms with Crippen molar-refractivity contribution >= 4 is 11.9 Å². The molecule has 1 amide bonds. The number of rotatable bonds is 5. The lowest BCUT2D eigenvalue weighted by molar-refractivity contribution is -0.141. The van der Waals surface area contributed by atoms with Crippen LogP contribution in [-0.4, -0.2) is 54.0 Å². The van der Waals surface area contributed by atoms with Crippen LogP contribution in [-0.2, 0) is 9.59 Å². The Labute approximate surface area is 125 Å². The third-order valence-electron chi connectivity index (χ3n) is 4.04. The van der Waals surface area contributed by atoms with Gasteiger partial charge in [0.1, 0.15) is 0 Å². The van der Waals surface area contributed by atoms with Crippen molar-refractivity contribution < 1.29 is 14.7 Å². The number of carbonyl (C=O) groups is 2. The first-order valence-corrected chi connectivity index (χ1v) is 7.12. The number of hydrogen-bond donors (Lipinski definition) is 1. The summed E-state index contributed by atoms with van der Waals surface area (Å²) in [7, 11) is 3.94. The van der Waals surface area contributed by atoms with E-state index in [1.54, 1.807) is 4.90 Å². The van der Waals surface area contributed by atoms with E-state index < -0.39 is 11.9 Å². The lowest BCUT2D eigenvalue weighted by Crippen LogP contribution is -2.36. The van der Waals surface area contributed by atoms with E-state index >= 15 is 0 Å². The molecule has 1 aromatic rings. The van der Waals surface area contributed by atoms with Gasteiger partial charge in [0.25, 0.3) is 0 Å². The topological polar surface area (TPSA) is 60.9 Å². The summed E-state index contributed by atoms with van der Waals surface area (Å²) in [6, 6.07) is 8.31. The Balaban J connectivity index is 2.12. The summed E-state index contributed by atoms with van der Waals surface area (Å²) < 4.78 is 0. The van der Waals surface area contributed by atoms with Gasteiger partial charge in [-0.05, 0) is 26.6 Å². The first kappa shape index (κ1) is 15.5. The van der Waals surface area contributed by atoms with Crippen LogP contribution in [0.25, 0.3) is 0 Å². The minimum Gasteiger partial charge on any atom is -0.481 e. The van der Waals surface area contributed by atoms with E-state index in [2.05, 4.69) is 29.2 Å². The summed E-state index contributed by atoms with van der Waals surface area (Å²) in [5, 5.41) is 9.05. The highest BCUT2D eigenvalue weighted by Crippen LogP contribution is 2.25. The van der Waals surface area contributed by atoms with Gasteiger partial charge in [0.15, 0.2) is 0 Å². The molecule has 1 heterocycles. The summed E-state index contributed by atoms with van der Waals surface area (Å²) in [4.78, 5) is 26.7. The van der Waals surface area contributed by atoms with Gasteiger partial charge < -0.3 is 14.9 Å². The van der Waals surface area contributed by atoms with E-state index in [1.807, 2.05) is 21.0 Å². The molecule has 1 fully saturated rings. The maximum Gasteiger partial charge on any atom is 0.308 e. The molecule has 2 atom stereocenters. The molecule has 114 valence electrons. The molecule has 1 aromatic carbocycles. The Morgan fingerprint density at radius 3 is 2.48 bits per heavy atom. The molecule has 2 unspecified atom stereocenters. The number of aliphatic carboxylic acids is 1. The molecular formula is C16H22N2O3. The van der Waals surface area contributed by atoms with Crippen LogP contribution in [0.15, 0.2) is 24.3 Å². The largest absolute Gasteiger partial charge is 0.481 e. The fourth-order valence-corrected chi connectivity index (χ4v) is 2.68. The van der Waals surface area contributed by atoms with Crippen molar-refractivity contribution in [2.24, 2.45) is 5.92 Å². The van der Waals surface area contributed by atoms with E-state index in [0.717, 1.165) is 5.56 Å². The van der Waals surface area contributed by atoms with Gasteiger partial charge >= 0.3 is 5.97 Å². The van der Waals surface area contributed by atoms with Crippen molar-refractivity contribution in [2.45, 2.75) is 19.4 Å². The molecule has 0 saturated carbocycles. The van der Waals surface area contributed by atoms with Gasteiger partial charge in [-0.2, -0.15) is 0 Å². The highest BCUT2D eigenvalue weighted by Gasteiger charge is 2.35. The predicted molar refractivity (Wildman–Crippen MR) is 79.9 cm³/mol. The molecule has 0 aliphatic carbocycles. The number of benzene rings is 1. The van der Waals surface area contributed by atoms with Crippen LogP contribution in [0.4, 0.5) is 0 Å². The standard InChI is InChI=1S/C16H22N2O3/c1-11-4-6-12(7-5-11)14(17(2)3)10-18-9-13(16(20)21)8-15(18)19/h4-7,13-14H,8-10H2,1-3H3,(H,20,21). The molecule has 0 radical (unpaired) electrons. The van der Waals surface area contributed by atoms with E-state index in [0.29, 0.717) is 13.1 Å². The fraction of sp³-hybridized carbons (Fsp3) is 0.500. The number of nitrogens with zero attached hydrogens (tertiary/aromatic N) is 2. The summed E-state index contributed by atoms with van der Waals surface area (Å²) in [5.74, 6) is -1.53. The van der Waals surface area contributed by atoms with Gasteiger partial charge in [-0.25, -0.2) is 0 Å². The summed E-state index contributed by atoms with van der Waals surface area (Å²) in [6.45, 7) is 2.87. The third kappa shape index (κ3) is 3.61. The lowest BCUT2D eigenvalue weighted by atomic mass is 10.0. The second kappa shape index (κ2) is 6.26. The summed E-state index contributed by atoms with van der Waals surface area (Å²) >= 11 is 0. The molecule has 1 aliphatic heterocycles. The lowest BCUT2D eigenvalue weighted by Gasteiger charge is -2.29. The minimum atomic E-state index is -0.886. The van der Waals surface area contributed by atoms with Gasteiger partial charge in [-0.3, -0.25) is 9.59 Å². The second-order valence-corrected chi connectivity index (χ2v) is 5.93. The molecule has 0 spiro atoms. The smallest absolute Gasteiger partial charge is 0.308 e. The second-order valence-electron chi connectivity index (χ2n) is 5.93. The number of likely N-dealkylation sites (N-methyl/N-ethyl adjacent to an activating group) is 1. The van der Waals surface area contributed by atoms with Crippen LogP contribution in [0.1, 0.15) is 23.6 Å². The maximum atomic E-state index is 12.0. The minimum absolute atomic E-state index is 0.0682. The number of likely N-dealkylation sites (tertiary alicyclic amines) is 1. The Morgan fingerprint density at radius 1 is 1.38 bits per heavy atom. The molecule has 5 heteroatoms. The van der Waals surface area contributed by atoms with E-state index in [9.17, 15) is 9.59 Å². The van der Waals surface area contributed by atoms with Crippen molar-refractivity contribution in [3.63, 3.8) is 0 Å². The van der Waals surface area contributed by atoms with Crippen LogP contribution < -0.4 is 0 Å². The van der Waals surface area contributed by atoms with Crippen molar-refractivity contribution in [2.75, 3.05) is 27.2 Å². The Hall–Kier alpha value is -1.88. The zero-order chi connectivity index (χ0) is 15.6. The molecule has 1 N–H and O–H groups in total. The molecule has 0 bridgehead atoms. The summed E-state index contributed by atoms with van der Waals surface area (Å²) in [5.41, 5.74) is 2.33. The van der Waals surface area contributed by atoms with E-state index in [-0.39, 0.29) is 18.4 Å². The van der Waals surface area contributed by atoms with Crippen molar-refractivity contribution in [1.82, 2.24) is 9.80 Å². The van der Waals surface area contributed by atoms with Crippen LogP contribution in [0.3, 0.4) is 0 Å². The zero-order valence-electron chi connectivity index (χ0n) is 12.7. The number of carboxylic acids is 1. The van der Waals surface area contributed by atoms with E-state index in [1.165, 1.54) is 5.56 Å². The van der Waals surface area contributed by atoms with Crippen LogP contribution >= 0.6 is 0 Å². The van der Waals surface area contributed by atoms with Gasteiger partial charge in [0.2, 0.25) is 5.91 Å². The van der Waals surface area contributed by atoms with Crippen molar-refractivity contribution in [1.29, 1.82) is 0 Å². The number of aryl methyl sites for hydroxylation is 1. The molecule has 5 nitrogen and oxygen atoms in total. The molecular weight excluding hydrogens is 268 g/mol. The number of carboxylic acid groups (broad SMARTS) is 1. The SMILES string of the molecule is Cc1ccc(C(CN2CC(C(=O)O)CC2=O)N(C)C)cc1. The molecule has 21 heavy (non-hydrogen) atoms. The van der Waals surface area contributed by atoms with Crippen molar-refractivity contribution in [3.8, 4) is 0 Å². The highest BCUT2D eigenvalue weighted by molar-refractivity contribution is 5.86. The molecule has 1 aliphatic rings. The molecule has 1 saturated heterocycles. The molecule has 2 rings (SSSR count). The first-order valence-electron chi connectivity index (χ1n) is 7.12. The molecule has 0 aromatic heterocycles. The number of carbonyl (C=O) groups excluding carboxylic acids is 1. The fourth-order valence-electron chi connectivity index (χ4n) is 2.68. The first-order chi connectivity index (χ1) is 9.88. The Bertz CT molecular complexity index is 525. The van der Waals surface area contributed by atoms with Crippen LogP contribution in [0.2, 0.25) is 0 Å². The van der Waals surface area contributed by atoms with E-state index in [4.69, 9.17) is 5.11 Å². The third-order valence-corrected chi connectivity index (χ3v) is 4.04. The normalized spacial score (nSPS) is 20.1. The quantitative estimate of drug-likeness (QED) is 0.893. The van der Waals surface area contributed by atoms with Crippen LogP contribution in [0.5, 0.6) is 0 Å². The predicted octanol–water partition coefficient (Wildman–Crippen LogP) is 1.53. The highest BCUT2D eigenvalue weighted by atomic mass is 16.4. The summed E-state index contributed by atoms with van der Waals surface area (Å²) in [6.07, 6.45) is 0.114.